The van der Waals surface area contributed by atoms with Crippen molar-refractivity contribution in [1.82, 2.24) is 0 Å². The van der Waals surface area contributed by atoms with E-state index < -0.39 is 0 Å². The molecule has 0 fully saturated rings. The average molecular weight is 243 g/mol. The Morgan fingerprint density at radius 1 is 0.909 bits per heavy atom. The molecule has 0 aliphatic heterocycles. The summed E-state index contributed by atoms with van der Waals surface area (Å²) in [6.45, 7) is 0. The van der Waals surface area contributed by atoms with Crippen LogP contribution in [-0.4, -0.2) is 14.5 Å². The van der Waals surface area contributed by atoms with E-state index >= 15 is 0 Å². The monoisotopic (exact) mass is 244 g/mol. The van der Waals surface area contributed by atoms with Crippen LogP contribution in [-0.2, 0) is 0 Å². The maximum absolute atomic E-state index is 2.27. The van der Waals surface area contributed by atoms with Gasteiger partial charge in [-0.15, -0.1) is 0 Å². The van der Waals surface area contributed by atoms with Gasteiger partial charge in [0, 0.05) is 0 Å². The van der Waals surface area contributed by atoms with Gasteiger partial charge in [0.05, 0.1) is 0 Å². The molecule has 11 heavy (non-hydrogen) atoms. The van der Waals surface area contributed by atoms with Crippen LogP contribution >= 0.6 is 22.7 Å². The van der Waals surface area contributed by atoms with E-state index in [2.05, 4.69) is 22.9 Å². The molecule has 0 bridgehead atoms. The van der Waals surface area contributed by atoms with E-state index in [9.17, 15) is 0 Å². The molecule has 3 aromatic heterocycles. The van der Waals surface area contributed by atoms with Crippen LogP contribution in [0.25, 0.3) is 17.9 Å². The molecule has 0 radical (unpaired) electrons. The van der Waals surface area contributed by atoms with Crippen LogP contribution in [0, 0.1) is 0 Å². The molecule has 0 nitrogen and oxygen atoms in total. The molecule has 0 spiro atoms. The summed E-state index contributed by atoms with van der Waals surface area (Å²) in [7, 11) is 0. The van der Waals surface area contributed by atoms with Gasteiger partial charge in [0.25, 0.3) is 0 Å². The van der Waals surface area contributed by atoms with Crippen molar-refractivity contribution in [2.24, 2.45) is 0 Å². The molecule has 0 N–H and O–H groups in total. The molecule has 0 saturated carbocycles. The second-order valence-corrected chi connectivity index (χ2v) is 6.44. The summed E-state index contributed by atoms with van der Waals surface area (Å²) in [4.78, 5) is 0. The zero-order chi connectivity index (χ0) is 7.26. The zero-order valence-electron chi connectivity index (χ0n) is 5.53. The van der Waals surface area contributed by atoms with Crippen molar-refractivity contribution in [1.29, 1.82) is 0 Å². The van der Waals surface area contributed by atoms with Crippen LogP contribution < -0.4 is 0 Å². The van der Waals surface area contributed by atoms with Gasteiger partial charge in [-0.25, -0.2) is 0 Å². The molecule has 0 aliphatic rings. The summed E-state index contributed by atoms with van der Waals surface area (Å²) in [5.41, 5.74) is 0. The molecule has 3 heteroatoms. The maximum atomic E-state index is 2.27. The minimum atomic E-state index is 0.616. The van der Waals surface area contributed by atoms with Crippen molar-refractivity contribution in [2.45, 2.75) is 0 Å². The fraction of sp³-hybridized carbons (Fsp3) is 0. The van der Waals surface area contributed by atoms with Crippen molar-refractivity contribution in [3.05, 3.63) is 22.9 Å². The number of rotatable bonds is 0. The Labute approximate surface area is 77.8 Å². The van der Waals surface area contributed by atoms with Crippen molar-refractivity contribution in [3.63, 3.8) is 0 Å². The predicted molar refractivity (Wildman–Crippen MR) is 54.1 cm³/mol. The van der Waals surface area contributed by atoms with Crippen LogP contribution in [0.1, 0.15) is 0 Å². The van der Waals surface area contributed by atoms with Crippen LogP contribution in [0.15, 0.2) is 22.9 Å². The van der Waals surface area contributed by atoms with Crippen molar-refractivity contribution in [2.75, 3.05) is 0 Å². The molecular weight excluding hydrogens is 239 g/mol. The molecule has 0 saturated heterocycles. The van der Waals surface area contributed by atoms with Gasteiger partial charge in [0.1, 0.15) is 0 Å². The third kappa shape index (κ3) is 0.798. The van der Waals surface area contributed by atoms with E-state index in [0.29, 0.717) is 14.5 Å². The molecule has 0 amide bonds. The standard InChI is InChI=1S/C8H4S2Se/c1-3-9-7-5(1)11-6-2-4-10-8(6)7/h1-4H. The molecule has 0 aliphatic carbocycles. The number of thiophene rings is 2. The van der Waals surface area contributed by atoms with Crippen LogP contribution in [0.3, 0.4) is 0 Å². The van der Waals surface area contributed by atoms with Gasteiger partial charge in [-0.2, -0.15) is 0 Å². The van der Waals surface area contributed by atoms with E-state index in [0.717, 1.165) is 0 Å². The van der Waals surface area contributed by atoms with Crippen molar-refractivity contribution in [3.8, 4) is 0 Å². The third-order valence-electron chi connectivity index (χ3n) is 1.68. The predicted octanol–water partition coefficient (Wildman–Crippen LogP) is 3.17. The van der Waals surface area contributed by atoms with Gasteiger partial charge in [-0.1, -0.05) is 0 Å². The second kappa shape index (κ2) is 2.20. The number of fused-ring (bicyclic) bond motifs is 3. The molecule has 0 atom stereocenters. The third-order valence-corrected chi connectivity index (χ3v) is 6.61. The van der Waals surface area contributed by atoms with Crippen molar-refractivity contribution >= 4 is 55.1 Å². The molecule has 3 heterocycles. The van der Waals surface area contributed by atoms with Gasteiger partial charge in [0.15, 0.2) is 0 Å². The Morgan fingerprint density at radius 2 is 1.45 bits per heavy atom. The first kappa shape index (κ1) is 6.44. The number of hydrogen-bond acceptors (Lipinski definition) is 2. The van der Waals surface area contributed by atoms with E-state index in [1.165, 1.54) is 9.40 Å². The Hall–Kier alpha value is -0.0805. The normalized spacial score (nSPS) is 11.6. The Morgan fingerprint density at radius 3 is 2.00 bits per heavy atom. The molecule has 3 aromatic rings. The first-order valence-corrected chi connectivity index (χ1v) is 6.75. The molecule has 0 aromatic carbocycles. The first-order chi connectivity index (χ1) is 5.45. The quantitative estimate of drug-likeness (QED) is 0.532. The summed E-state index contributed by atoms with van der Waals surface area (Å²) < 4.78 is 6.25. The molecule has 54 valence electrons. The summed E-state index contributed by atoms with van der Waals surface area (Å²) in [5.74, 6) is 0. The Bertz CT molecular complexity index is 455. The van der Waals surface area contributed by atoms with E-state index in [1.54, 1.807) is 8.52 Å². The fourth-order valence-electron chi connectivity index (χ4n) is 1.21. The SMILES string of the molecule is c1cc2[se]c3ccsc3c2s1. The fourth-order valence-corrected chi connectivity index (χ4v) is 6.58. The van der Waals surface area contributed by atoms with Crippen LogP contribution in [0.4, 0.5) is 0 Å². The second-order valence-electron chi connectivity index (χ2n) is 2.33. The average Bonchev–Trinajstić information content (AvgIpc) is 2.52. The molecule has 0 unspecified atom stereocenters. The van der Waals surface area contributed by atoms with Gasteiger partial charge >= 0.3 is 78.0 Å². The summed E-state index contributed by atoms with van der Waals surface area (Å²) >= 11 is 4.39. The number of hydrogen-bond donors (Lipinski definition) is 0. The van der Waals surface area contributed by atoms with Gasteiger partial charge in [0.2, 0.25) is 0 Å². The summed E-state index contributed by atoms with van der Waals surface area (Å²) in [6.07, 6.45) is 0. The zero-order valence-corrected chi connectivity index (χ0v) is 8.88. The molecule has 3 rings (SSSR count). The van der Waals surface area contributed by atoms with Crippen LogP contribution in [0.2, 0.25) is 0 Å². The van der Waals surface area contributed by atoms with Gasteiger partial charge < -0.3 is 0 Å². The summed E-state index contributed by atoms with van der Waals surface area (Å²) in [6, 6.07) is 4.54. The van der Waals surface area contributed by atoms with E-state index in [4.69, 9.17) is 0 Å². The topological polar surface area (TPSA) is 0 Å². The van der Waals surface area contributed by atoms with E-state index in [-0.39, 0.29) is 0 Å². The summed E-state index contributed by atoms with van der Waals surface area (Å²) in [5, 5.41) is 4.41. The Kier molecular flexibility index (Phi) is 1.29. The van der Waals surface area contributed by atoms with Gasteiger partial charge in [-0.3, -0.25) is 0 Å². The van der Waals surface area contributed by atoms with Crippen LogP contribution in [0.5, 0.6) is 0 Å². The van der Waals surface area contributed by atoms with E-state index in [1.807, 2.05) is 22.7 Å². The van der Waals surface area contributed by atoms with Gasteiger partial charge in [-0.05, 0) is 0 Å². The molecular formula is C8H4S2Se. The Balaban J connectivity index is 2.75. The first-order valence-electron chi connectivity index (χ1n) is 3.28. The van der Waals surface area contributed by atoms with Crippen molar-refractivity contribution < 1.29 is 0 Å². The minimum absolute atomic E-state index is 0.616.